The van der Waals surface area contributed by atoms with Crippen LogP contribution in [0.3, 0.4) is 0 Å². The lowest BCUT2D eigenvalue weighted by Crippen LogP contribution is -2.03. The molecule has 0 amide bonds. The van der Waals surface area contributed by atoms with Crippen molar-refractivity contribution in [3.63, 3.8) is 0 Å². The van der Waals surface area contributed by atoms with Gasteiger partial charge in [0.05, 0.1) is 11.8 Å². The summed E-state index contributed by atoms with van der Waals surface area (Å²) in [7, 11) is 0. The second-order valence-electron chi connectivity index (χ2n) is 6.28. The Morgan fingerprint density at radius 2 is 2.07 bits per heavy atom. The van der Waals surface area contributed by atoms with E-state index >= 15 is 0 Å². The van der Waals surface area contributed by atoms with Gasteiger partial charge < -0.3 is 19.7 Å². The summed E-state index contributed by atoms with van der Waals surface area (Å²) >= 11 is 0. The summed E-state index contributed by atoms with van der Waals surface area (Å²) in [5.41, 5.74) is 8.10. The van der Waals surface area contributed by atoms with E-state index in [1.54, 1.807) is 23.2 Å². The quantitative estimate of drug-likeness (QED) is 0.398. The first-order valence-corrected chi connectivity index (χ1v) is 8.74. The van der Waals surface area contributed by atoms with E-state index in [0.717, 1.165) is 0 Å². The standard InChI is InChI=1S/C17H14N10O2/c18-14-13-17(21-7-20-14)27(8-22-13)6-12-26-25-11(29-12)4-3-10(28)16-23-9-2-1-5-19-15(9)24-16/h1-2,5,7-8H,3-4,6H2,(H2,18,20,21)(H,19,23,24). The molecular weight excluding hydrogens is 376 g/mol. The number of carbonyl (C=O) groups excluding carboxylic acids is 1. The van der Waals surface area contributed by atoms with Gasteiger partial charge in [0.25, 0.3) is 0 Å². The number of carbonyl (C=O) groups is 1. The fourth-order valence-corrected chi connectivity index (χ4v) is 2.93. The molecule has 0 unspecified atom stereocenters. The third kappa shape index (κ3) is 3.16. The number of anilines is 1. The molecule has 0 aliphatic rings. The van der Waals surface area contributed by atoms with Crippen LogP contribution in [0.2, 0.25) is 0 Å². The lowest BCUT2D eigenvalue weighted by Gasteiger charge is -1.99. The number of fused-ring (bicyclic) bond motifs is 2. The Morgan fingerprint density at radius 1 is 1.17 bits per heavy atom. The Bertz CT molecular complexity index is 1300. The first-order chi connectivity index (χ1) is 14.2. The Labute approximate surface area is 162 Å². The molecule has 0 radical (unpaired) electrons. The van der Waals surface area contributed by atoms with E-state index < -0.39 is 0 Å². The highest BCUT2D eigenvalue weighted by Crippen LogP contribution is 2.16. The SMILES string of the molecule is Nc1ncnc2c1ncn2Cc1nnc(CCC(=O)c2nc3ncccc3[nH]2)o1. The van der Waals surface area contributed by atoms with Crippen LogP contribution in [-0.2, 0) is 13.0 Å². The molecule has 0 aliphatic carbocycles. The number of aromatic nitrogens is 9. The number of imidazole rings is 2. The van der Waals surface area contributed by atoms with Crippen molar-refractivity contribution in [3.8, 4) is 0 Å². The topological polar surface area (TPSA) is 167 Å². The lowest BCUT2D eigenvalue weighted by molar-refractivity contribution is 0.0971. The van der Waals surface area contributed by atoms with E-state index in [2.05, 4.69) is 40.1 Å². The Kier molecular flexibility index (Phi) is 3.93. The summed E-state index contributed by atoms with van der Waals surface area (Å²) in [5.74, 6) is 1.15. The van der Waals surface area contributed by atoms with Crippen molar-refractivity contribution in [2.75, 3.05) is 5.73 Å². The van der Waals surface area contributed by atoms with E-state index in [4.69, 9.17) is 10.2 Å². The molecule has 144 valence electrons. The van der Waals surface area contributed by atoms with Crippen LogP contribution in [0.4, 0.5) is 5.82 Å². The van der Waals surface area contributed by atoms with Gasteiger partial charge in [-0.2, -0.15) is 0 Å². The minimum Gasteiger partial charge on any atom is -0.423 e. The lowest BCUT2D eigenvalue weighted by atomic mass is 10.2. The van der Waals surface area contributed by atoms with E-state index in [9.17, 15) is 4.79 Å². The number of Topliss-reactive ketones (excluding diaryl/α,β-unsaturated/α-hetero) is 1. The van der Waals surface area contributed by atoms with Gasteiger partial charge in [0, 0.05) is 19.0 Å². The van der Waals surface area contributed by atoms with Gasteiger partial charge in [-0.05, 0) is 12.1 Å². The molecule has 5 rings (SSSR count). The summed E-state index contributed by atoms with van der Waals surface area (Å²) in [6.45, 7) is 0.281. The number of hydrogen-bond acceptors (Lipinski definition) is 10. The highest BCUT2D eigenvalue weighted by Gasteiger charge is 2.15. The minimum atomic E-state index is -0.157. The van der Waals surface area contributed by atoms with Gasteiger partial charge >= 0.3 is 0 Å². The first kappa shape index (κ1) is 16.9. The number of nitrogens with two attached hydrogens (primary N) is 1. The molecule has 5 aromatic heterocycles. The number of rotatable bonds is 6. The average molecular weight is 390 g/mol. The highest BCUT2D eigenvalue weighted by atomic mass is 16.4. The van der Waals surface area contributed by atoms with Crippen molar-refractivity contribution in [2.24, 2.45) is 0 Å². The van der Waals surface area contributed by atoms with Gasteiger partial charge in [0.15, 0.2) is 28.7 Å². The van der Waals surface area contributed by atoms with Crippen molar-refractivity contribution in [2.45, 2.75) is 19.4 Å². The zero-order valence-corrected chi connectivity index (χ0v) is 15.0. The van der Waals surface area contributed by atoms with Crippen LogP contribution in [0, 0.1) is 0 Å². The van der Waals surface area contributed by atoms with Crippen molar-refractivity contribution in [1.82, 2.24) is 44.7 Å². The van der Waals surface area contributed by atoms with Crippen molar-refractivity contribution in [1.29, 1.82) is 0 Å². The number of hydrogen-bond donors (Lipinski definition) is 2. The summed E-state index contributed by atoms with van der Waals surface area (Å²) in [5, 5.41) is 8.02. The summed E-state index contributed by atoms with van der Waals surface area (Å²) < 4.78 is 7.37. The number of nitrogen functional groups attached to an aromatic ring is 1. The van der Waals surface area contributed by atoms with Gasteiger partial charge in [-0.3, -0.25) is 4.79 Å². The van der Waals surface area contributed by atoms with Crippen LogP contribution >= 0.6 is 0 Å². The molecule has 3 N–H and O–H groups in total. The number of aromatic amines is 1. The number of aryl methyl sites for hydroxylation is 1. The molecule has 0 aromatic carbocycles. The maximum Gasteiger partial charge on any atom is 0.236 e. The molecule has 29 heavy (non-hydrogen) atoms. The van der Waals surface area contributed by atoms with Crippen LogP contribution in [0.1, 0.15) is 28.8 Å². The zero-order valence-electron chi connectivity index (χ0n) is 15.0. The predicted octanol–water partition coefficient (Wildman–Crippen LogP) is 0.927. The normalized spacial score (nSPS) is 11.4. The maximum absolute atomic E-state index is 12.4. The smallest absolute Gasteiger partial charge is 0.236 e. The fourth-order valence-electron chi connectivity index (χ4n) is 2.93. The van der Waals surface area contributed by atoms with Crippen molar-refractivity contribution < 1.29 is 9.21 Å². The second-order valence-corrected chi connectivity index (χ2v) is 6.28. The van der Waals surface area contributed by atoms with Crippen molar-refractivity contribution >= 4 is 33.9 Å². The second kappa shape index (κ2) is 6.74. The van der Waals surface area contributed by atoms with Gasteiger partial charge in [-0.1, -0.05) is 0 Å². The number of pyridine rings is 1. The summed E-state index contributed by atoms with van der Waals surface area (Å²) in [6, 6.07) is 3.59. The molecule has 12 nitrogen and oxygen atoms in total. The predicted molar refractivity (Wildman–Crippen MR) is 99.7 cm³/mol. The Balaban J connectivity index is 1.26. The third-order valence-corrected chi connectivity index (χ3v) is 4.33. The van der Waals surface area contributed by atoms with E-state index in [-0.39, 0.29) is 24.6 Å². The molecule has 5 heterocycles. The molecule has 0 atom stereocenters. The van der Waals surface area contributed by atoms with E-state index in [1.807, 2.05) is 6.07 Å². The summed E-state index contributed by atoms with van der Waals surface area (Å²) in [6.07, 6.45) is 5.06. The van der Waals surface area contributed by atoms with Crippen LogP contribution < -0.4 is 5.73 Å². The molecule has 0 fully saturated rings. The van der Waals surface area contributed by atoms with E-state index in [0.29, 0.717) is 46.3 Å². The number of ketones is 1. The van der Waals surface area contributed by atoms with Gasteiger partial charge in [0.1, 0.15) is 18.4 Å². The fraction of sp³-hybridized carbons (Fsp3) is 0.176. The zero-order chi connectivity index (χ0) is 19.8. The largest absolute Gasteiger partial charge is 0.423 e. The van der Waals surface area contributed by atoms with Crippen LogP contribution in [0.15, 0.2) is 35.4 Å². The van der Waals surface area contributed by atoms with Gasteiger partial charge in [-0.15, -0.1) is 10.2 Å². The molecule has 12 heteroatoms. The highest BCUT2D eigenvalue weighted by molar-refractivity contribution is 5.95. The molecule has 0 spiro atoms. The molecule has 0 bridgehead atoms. The molecular formula is C17H14N10O2. The van der Waals surface area contributed by atoms with Crippen LogP contribution in [0.5, 0.6) is 0 Å². The molecule has 0 aliphatic heterocycles. The number of nitrogens with one attached hydrogen (secondary N) is 1. The monoisotopic (exact) mass is 390 g/mol. The third-order valence-electron chi connectivity index (χ3n) is 4.33. The van der Waals surface area contributed by atoms with Crippen LogP contribution in [-0.4, -0.2) is 50.5 Å². The Hall–Kier alpha value is -4.22. The maximum atomic E-state index is 12.4. The summed E-state index contributed by atoms with van der Waals surface area (Å²) in [4.78, 5) is 35.9. The van der Waals surface area contributed by atoms with Gasteiger partial charge in [-0.25, -0.2) is 24.9 Å². The first-order valence-electron chi connectivity index (χ1n) is 8.74. The molecule has 0 saturated heterocycles. The molecule has 0 saturated carbocycles. The van der Waals surface area contributed by atoms with Gasteiger partial charge in [0.2, 0.25) is 11.8 Å². The minimum absolute atomic E-state index is 0.157. The number of H-pyrrole nitrogens is 1. The van der Waals surface area contributed by atoms with E-state index in [1.165, 1.54) is 6.33 Å². The Morgan fingerprint density at radius 3 is 2.97 bits per heavy atom. The number of nitrogens with zero attached hydrogens (tertiary/aromatic N) is 8. The molecule has 5 aromatic rings. The average Bonchev–Trinajstić information content (AvgIpc) is 3.45. The van der Waals surface area contributed by atoms with Crippen LogP contribution in [0.25, 0.3) is 22.3 Å². The van der Waals surface area contributed by atoms with Crippen molar-refractivity contribution in [3.05, 3.63) is 48.6 Å².